The van der Waals surface area contributed by atoms with E-state index in [1.165, 1.54) is 0 Å². The number of hydrogen-bond acceptors (Lipinski definition) is 4. The normalized spacial score (nSPS) is 11.8. The molecule has 166 valence electrons. The Kier molecular flexibility index (Phi) is 7.06. The van der Waals surface area contributed by atoms with Crippen LogP contribution in [0.15, 0.2) is 21.4 Å². The Labute approximate surface area is 195 Å². The lowest BCUT2D eigenvalue weighted by Gasteiger charge is -2.15. The molecule has 0 unspecified atom stereocenters. The number of nitrogens with one attached hydrogen (secondary N) is 2. The molecule has 0 atom stereocenters. The van der Waals surface area contributed by atoms with E-state index in [9.17, 15) is 9.59 Å². The SMILES string of the molecule is CCCc1cc(C)[nH]c(=O)c1CNC(=O)c1cc(Br)c2sc(CC(C)(C)C)nc2c1C. The van der Waals surface area contributed by atoms with E-state index in [1.54, 1.807) is 11.3 Å². The summed E-state index contributed by atoms with van der Waals surface area (Å²) in [5.74, 6) is -0.201. The van der Waals surface area contributed by atoms with Crippen molar-refractivity contribution in [2.24, 2.45) is 5.41 Å². The summed E-state index contributed by atoms with van der Waals surface area (Å²) in [6.45, 7) is 12.7. The molecule has 2 aromatic heterocycles. The van der Waals surface area contributed by atoms with Gasteiger partial charge in [-0.25, -0.2) is 4.98 Å². The molecule has 7 heteroatoms. The number of nitrogens with zero attached hydrogens (tertiary/aromatic N) is 1. The summed E-state index contributed by atoms with van der Waals surface area (Å²) < 4.78 is 1.93. The van der Waals surface area contributed by atoms with Gasteiger partial charge in [0.1, 0.15) is 0 Å². The maximum Gasteiger partial charge on any atom is 0.253 e. The van der Waals surface area contributed by atoms with Gasteiger partial charge in [-0.15, -0.1) is 11.3 Å². The summed E-state index contributed by atoms with van der Waals surface area (Å²) in [5, 5.41) is 4.02. The second kappa shape index (κ2) is 9.25. The number of carbonyl (C=O) groups is 1. The van der Waals surface area contributed by atoms with Crippen molar-refractivity contribution in [3.05, 3.63) is 59.9 Å². The summed E-state index contributed by atoms with van der Waals surface area (Å²) in [6.07, 6.45) is 2.63. The van der Waals surface area contributed by atoms with Gasteiger partial charge in [0.15, 0.2) is 0 Å². The molecule has 0 radical (unpaired) electrons. The number of benzene rings is 1. The third-order valence-corrected chi connectivity index (χ3v) is 7.13. The Bertz CT molecular complexity index is 1190. The average molecular weight is 504 g/mol. The fourth-order valence-corrected chi connectivity index (χ4v) is 5.70. The zero-order chi connectivity index (χ0) is 22.9. The molecule has 1 amide bonds. The van der Waals surface area contributed by atoms with E-state index in [0.29, 0.717) is 11.1 Å². The number of pyridine rings is 1. The smallest absolute Gasteiger partial charge is 0.253 e. The number of carbonyl (C=O) groups excluding carboxylic acids is 1. The average Bonchev–Trinajstić information content (AvgIpc) is 3.06. The molecular weight excluding hydrogens is 474 g/mol. The van der Waals surface area contributed by atoms with Gasteiger partial charge in [-0.1, -0.05) is 34.1 Å². The molecule has 0 aliphatic carbocycles. The van der Waals surface area contributed by atoms with Gasteiger partial charge >= 0.3 is 0 Å². The Morgan fingerprint density at radius 3 is 2.61 bits per heavy atom. The van der Waals surface area contributed by atoms with Crippen LogP contribution in [0.2, 0.25) is 0 Å². The molecule has 0 saturated heterocycles. The molecule has 3 aromatic rings. The standard InChI is InChI=1S/C24H30BrN3O2S/c1-7-8-15-9-13(2)27-23(30)17(15)12-26-22(29)16-10-18(25)21-20(14(16)3)28-19(31-21)11-24(4,5)6/h9-10H,7-8,11-12H2,1-6H3,(H,26,29)(H,27,30). The van der Waals surface area contributed by atoms with Crippen LogP contribution >= 0.6 is 27.3 Å². The molecule has 5 nitrogen and oxygen atoms in total. The van der Waals surface area contributed by atoms with Crippen LogP contribution in [0.5, 0.6) is 0 Å². The largest absolute Gasteiger partial charge is 0.348 e. The molecular formula is C24H30BrN3O2S. The van der Waals surface area contributed by atoms with Gasteiger partial charge in [0.05, 0.1) is 15.2 Å². The van der Waals surface area contributed by atoms with Crippen LogP contribution in [0.3, 0.4) is 0 Å². The molecule has 2 heterocycles. The van der Waals surface area contributed by atoms with Crippen LogP contribution in [-0.4, -0.2) is 15.9 Å². The summed E-state index contributed by atoms with van der Waals surface area (Å²) in [7, 11) is 0. The Balaban J connectivity index is 1.90. The van der Waals surface area contributed by atoms with Gasteiger partial charge < -0.3 is 10.3 Å². The van der Waals surface area contributed by atoms with E-state index < -0.39 is 0 Å². The molecule has 1 aromatic carbocycles. The topological polar surface area (TPSA) is 74.8 Å². The first-order valence-corrected chi connectivity index (χ1v) is 12.2. The fourth-order valence-electron chi connectivity index (χ4n) is 3.71. The highest BCUT2D eigenvalue weighted by atomic mass is 79.9. The third-order valence-electron chi connectivity index (χ3n) is 5.15. The molecule has 0 bridgehead atoms. The van der Waals surface area contributed by atoms with Gasteiger partial charge in [0.25, 0.3) is 11.5 Å². The quantitative estimate of drug-likeness (QED) is 0.443. The summed E-state index contributed by atoms with van der Waals surface area (Å²) in [5.41, 5.74) is 4.76. The number of amides is 1. The third kappa shape index (κ3) is 5.44. The minimum absolute atomic E-state index is 0.136. The molecule has 0 fully saturated rings. The highest BCUT2D eigenvalue weighted by Gasteiger charge is 2.20. The first-order valence-electron chi connectivity index (χ1n) is 10.6. The summed E-state index contributed by atoms with van der Waals surface area (Å²) in [6, 6.07) is 3.85. The molecule has 2 N–H and O–H groups in total. The van der Waals surface area contributed by atoms with Gasteiger partial charge in [-0.3, -0.25) is 9.59 Å². The first-order chi connectivity index (χ1) is 14.5. The minimum Gasteiger partial charge on any atom is -0.348 e. The molecule has 0 aliphatic rings. The van der Waals surface area contributed by atoms with Crippen molar-refractivity contribution in [1.29, 1.82) is 0 Å². The number of hydrogen-bond donors (Lipinski definition) is 2. The van der Waals surface area contributed by atoms with Crippen LogP contribution < -0.4 is 10.9 Å². The Morgan fingerprint density at radius 1 is 1.26 bits per heavy atom. The number of fused-ring (bicyclic) bond motifs is 1. The lowest BCUT2D eigenvalue weighted by atomic mass is 9.93. The maximum atomic E-state index is 13.0. The molecule has 0 spiro atoms. The fraction of sp³-hybridized carbons (Fsp3) is 0.458. The number of thiazole rings is 1. The maximum absolute atomic E-state index is 13.0. The van der Waals surface area contributed by atoms with E-state index in [4.69, 9.17) is 4.98 Å². The highest BCUT2D eigenvalue weighted by Crippen LogP contribution is 2.36. The molecule has 31 heavy (non-hydrogen) atoms. The zero-order valence-electron chi connectivity index (χ0n) is 19.0. The number of aryl methyl sites for hydroxylation is 3. The van der Waals surface area contributed by atoms with Crippen molar-refractivity contribution >= 4 is 43.4 Å². The van der Waals surface area contributed by atoms with Gasteiger partial charge in [0.2, 0.25) is 0 Å². The van der Waals surface area contributed by atoms with Gasteiger partial charge in [-0.2, -0.15) is 0 Å². The van der Waals surface area contributed by atoms with Gasteiger partial charge in [0, 0.05) is 34.3 Å². The predicted octanol–water partition coefficient (Wildman–Crippen LogP) is 5.84. The highest BCUT2D eigenvalue weighted by molar-refractivity contribution is 9.10. The van der Waals surface area contributed by atoms with E-state index >= 15 is 0 Å². The summed E-state index contributed by atoms with van der Waals surface area (Å²) in [4.78, 5) is 33.2. The number of H-pyrrole nitrogens is 1. The zero-order valence-corrected chi connectivity index (χ0v) is 21.4. The predicted molar refractivity (Wildman–Crippen MR) is 132 cm³/mol. The van der Waals surface area contributed by atoms with Crippen molar-refractivity contribution in [1.82, 2.24) is 15.3 Å². The van der Waals surface area contributed by atoms with Crippen molar-refractivity contribution in [3.8, 4) is 0 Å². The van der Waals surface area contributed by atoms with Crippen molar-refractivity contribution in [3.63, 3.8) is 0 Å². The molecule has 0 aliphatic heterocycles. The van der Waals surface area contributed by atoms with Crippen LogP contribution in [0.25, 0.3) is 10.2 Å². The van der Waals surface area contributed by atoms with E-state index in [-0.39, 0.29) is 23.4 Å². The first kappa shape index (κ1) is 23.7. The second-order valence-electron chi connectivity index (χ2n) is 9.27. The molecule has 3 rings (SSSR count). The number of halogens is 1. The number of aromatic nitrogens is 2. The van der Waals surface area contributed by atoms with E-state index in [1.807, 2.05) is 26.0 Å². The van der Waals surface area contributed by atoms with Crippen LogP contribution in [-0.2, 0) is 19.4 Å². The van der Waals surface area contributed by atoms with Crippen LogP contribution in [0, 0.1) is 19.3 Å². The monoisotopic (exact) mass is 503 g/mol. The second-order valence-corrected chi connectivity index (χ2v) is 11.2. The number of aromatic amines is 1. The van der Waals surface area contributed by atoms with Gasteiger partial charge in [-0.05, 0) is 64.9 Å². The van der Waals surface area contributed by atoms with Crippen LogP contribution in [0.1, 0.15) is 71.9 Å². The van der Waals surface area contributed by atoms with Crippen molar-refractivity contribution in [2.45, 2.75) is 67.3 Å². The minimum atomic E-state index is -0.201. The lowest BCUT2D eigenvalue weighted by Crippen LogP contribution is -2.29. The Hall–Kier alpha value is -1.99. The summed E-state index contributed by atoms with van der Waals surface area (Å²) >= 11 is 5.30. The van der Waals surface area contributed by atoms with E-state index in [2.05, 4.69) is 53.9 Å². The van der Waals surface area contributed by atoms with Crippen LogP contribution in [0.4, 0.5) is 0 Å². The lowest BCUT2D eigenvalue weighted by molar-refractivity contribution is 0.0950. The van der Waals surface area contributed by atoms with E-state index in [0.717, 1.165) is 55.8 Å². The van der Waals surface area contributed by atoms with Crippen molar-refractivity contribution < 1.29 is 4.79 Å². The molecule has 0 saturated carbocycles. The Morgan fingerprint density at radius 2 is 1.97 bits per heavy atom. The van der Waals surface area contributed by atoms with Crippen molar-refractivity contribution in [2.75, 3.05) is 0 Å². The number of rotatable bonds is 6.